The molecule has 0 unspecified atom stereocenters. The second-order valence-corrected chi connectivity index (χ2v) is 6.84. The lowest BCUT2D eigenvalue weighted by Gasteiger charge is -2.08. The van der Waals surface area contributed by atoms with Crippen molar-refractivity contribution in [2.24, 2.45) is 7.05 Å². The number of aromatic amines is 1. The Morgan fingerprint density at radius 1 is 1.31 bits per heavy atom. The van der Waals surface area contributed by atoms with Gasteiger partial charge in [0.25, 0.3) is 0 Å². The number of halogens is 1. The summed E-state index contributed by atoms with van der Waals surface area (Å²) in [6, 6.07) is 9.07. The normalized spacial score (nSPS) is 11.0. The molecule has 0 bridgehead atoms. The second-order valence-electron chi connectivity index (χ2n) is 6.46. The first-order chi connectivity index (χ1) is 14.0. The standard InChI is InChI=1S/C20H19ClN6O2/c1-4-16(28)12-6-5-11(9-17(12)29-3)19-24-20(27(2)26-19)23-15-8-7-14-13(18(15)21)10-22-25-14/h5-10H,4H2,1-3H3,(H,22,25)(H,23,24,26). The number of aryl methyl sites for hydroxylation is 1. The smallest absolute Gasteiger partial charge is 0.225 e. The van der Waals surface area contributed by atoms with Gasteiger partial charge in [0, 0.05) is 24.4 Å². The number of rotatable bonds is 6. The highest BCUT2D eigenvalue weighted by atomic mass is 35.5. The molecule has 2 heterocycles. The third-order valence-electron chi connectivity index (χ3n) is 4.65. The van der Waals surface area contributed by atoms with Crippen LogP contribution in [0.2, 0.25) is 5.02 Å². The van der Waals surface area contributed by atoms with E-state index in [9.17, 15) is 4.79 Å². The topological polar surface area (TPSA) is 97.7 Å². The van der Waals surface area contributed by atoms with Crippen LogP contribution in [-0.4, -0.2) is 37.9 Å². The van der Waals surface area contributed by atoms with Gasteiger partial charge in [0.15, 0.2) is 11.6 Å². The highest BCUT2D eigenvalue weighted by molar-refractivity contribution is 6.38. The van der Waals surface area contributed by atoms with E-state index in [-0.39, 0.29) is 5.78 Å². The summed E-state index contributed by atoms with van der Waals surface area (Å²) in [5.41, 5.74) is 2.85. The van der Waals surface area contributed by atoms with E-state index in [2.05, 4.69) is 25.6 Å². The first-order valence-corrected chi connectivity index (χ1v) is 9.40. The van der Waals surface area contributed by atoms with Crippen molar-refractivity contribution in [3.8, 4) is 17.1 Å². The second kappa shape index (κ2) is 7.56. The molecule has 0 saturated carbocycles. The number of fused-ring (bicyclic) bond motifs is 1. The van der Waals surface area contributed by atoms with Crippen LogP contribution in [0.25, 0.3) is 22.3 Å². The number of ketones is 1. The lowest BCUT2D eigenvalue weighted by atomic mass is 10.0. The van der Waals surface area contributed by atoms with Gasteiger partial charge in [-0.05, 0) is 24.3 Å². The molecule has 0 spiro atoms. The minimum atomic E-state index is 0.0222. The van der Waals surface area contributed by atoms with Crippen molar-refractivity contribution >= 4 is 39.9 Å². The van der Waals surface area contributed by atoms with E-state index < -0.39 is 0 Å². The van der Waals surface area contributed by atoms with E-state index in [0.717, 1.165) is 16.5 Å². The molecular weight excluding hydrogens is 392 g/mol. The SMILES string of the molecule is CCC(=O)c1ccc(-c2nc(Nc3ccc4[nH]ncc4c3Cl)n(C)n2)cc1OC. The zero-order valence-corrected chi connectivity index (χ0v) is 16.9. The van der Waals surface area contributed by atoms with Crippen molar-refractivity contribution in [1.82, 2.24) is 25.0 Å². The Balaban J connectivity index is 1.67. The molecule has 0 saturated heterocycles. The number of nitrogens with zero attached hydrogens (tertiary/aromatic N) is 4. The van der Waals surface area contributed by atoms with Crippen LogP contribution in [0.5, 0.6) is 5.75 Å². The molecule has 0 fully saturated rings. The molecule has 2 aromatic heterocycles. The number of nitrogens with one attached hydrogen (secondary N) is 2. The fourth-order valence-corrected chi connectivity index (χ4v) is 3.33. The third kappa shape index (κ3) is 3.42. The lowest BCUT2D eigenvalue weighted by molar-refractivity contribution is 0.0985. The van der Waals surface area contributed by atoms with Gasteiger partial charge < -0.3 is 10.1 Å². The van der Waals surface area contributed by atoms with E-state index >= 15 is 0 Å². The Hall–Kier alpha value is -3.39. The van der Waals surface area contributed by atoms with Gasteiger partial charge in [0.05, 0.1) is 35.1 Å². The van der Waals surface area contributed by atoms with Gasteiger partial charge in [-0.25, -0.2) is 4.68 Å². The largest absolute Gasteiger partial charge is 0.496 e. The monoisotopic (exact) mass is 410 g/mol. The molecule has 2 N–H and O–H groups in total. The Bertz CT molecular complexity index is 1210. The molecule has 9 heteroatoms. The number of H-pyrrole nitrogens is 1. The Kier molecular flexibility index (Phi) is 4.94. The molecular formula is C20H19ClN6O2. The predicted molar refractivity (Wildman–Crippen MR) is 112 cm³/mol. The number of anilines is 2. The van der Waals surface area contributed by atoms with Crippen molar-refractivity contribution in [2.75, 3.05) is 12.4 Å². The minimum Gasteiger partial charge on any atom is -0.496 e. The van der Waals surface area contributed by atoms with Crippen molar-refractivity contribution in [3.05, 3.63) is 47.1 Å². The number of benzene rings is 2. The maximum absolute atomic E-state index is 12.1. The number of ether oxygens (including phenoxy) is 1. The quantitative estimate of drug-likeness (QED) is 0.458. The van der Waals surface area contributed by atoms with Gasteiger partial charge >= 0.3 is 0 Å². The molecule has 0 aliphatic rings. The van der Waals surface area contributed by atoms with Crippen LogP contribution in [-0.2, 0) is 7.05 Å². The first-order valence-electron chi connectivity index (χ1n) is 9.03. The highest BCUT2D eigenvalue weighted by Gasteiger charge is 2.16. The fourth-order valence-electron chi connectivity index (χ4n) is 3.07. The van der Waals surface area contributed by atoms with Gasteiger partial charge in [-0.1, -0.05) is 24.6 Å². The summed E-state index contributed by atoms with van der Waals surface area (Å²) in [7, 11) is 3.33. The van der Waals surface area contributed by atoms with Crippen molar-refractivity contribution in [2.45, 2.75) is 13.3 Å². The van der Waals surface area contributed by atoms with Crippen molar-refractivity contribution in [3.63, 3.8) is 0 Å². The molecule has 0 radical (unpaired) electrons. The summed E-state index contributed by atoms with van der Waals surface area (Å²) in [6.07, 6.45) is 2.09. The lowest BCUT2D eigenvalue weighted by Crippen LogP contribution is -2.01. The predicted octanol–water partition coefficient (Wildman–Crippen LogP) is 4.36. The van der Waals surface area contributed by atoms with E-state index in [0.29, 0.717) is 40.2 Å². The van der Waals surface area contributed by atoms with Crippen molar-refractivity contribution in [1.29, 1.82) is 0 Å². The van der Waals surface area contributed by atoms with Crippen LogP contribution in [0.3, 0.4) is 0 Å². The zero-order chi connectivity index (χ0) is 20.5. The molecule has 0 aliphatic carbocycles. The van der Waals surface area contributed by atoms with Crippen LogP contribution in [0.15, 0.2) is 36.5 Å². The number of Topliss-reactive ketones (excluding diaryl/α,β-unsaturated/α-hetero) is 1. The molecule has 29 heavy (non-hydrogen) atoms. The van der Waals surface area contributed by atoms with Crippen LogP contribution < -0.4 is 10.1 Å². The van der Waals surface area contributed by atoms with E-state index in [1.807, 2.05) is 25.1 Å². The summed E-state index contributed by atoms with van der Waals surface area (Å²) in [5, 5.41) is 15.9. The van der Waals surface area contributed by atoms with Crippen LogP contribution in [0, 0.1) is 0 Å². The minimum absolute atomic E-state index is 0.0222. The molecule has 0 aliphatic heterocycles. The van der Waals surface area contributed by atoms with Crippen LogP contribution >= 0.6 is 11.6 Å². The average Bonchev–Trinajstić information content (AvgIpc) is 3.36. The van der Waals surface area contributed by atoms with Crippen LogP contribution in [0.4, 0.5) is 11.6 Å². The van der Waals surface area contributed by atoms with Gasteiger partial charge in [0.2, 0.25) is 5.95 Å². The van der Waals surface area contributed by atoms with E-state index in [1.165, 1.54) is 0 Å². The molecule has 4 aromatic rings. The summed E-state index contributed by atoms with van der Waals surface area (Å²) in [6.45, 7) is 1.82. The van der Waals surface area contributed by atoms with Crippen molar-refractivity contribution < 1.29 is 9.53 Å². The van der Waals surface area contributed by atoms with E-state index in [1.54, 1.807) is 37.2 Å². The average molecular weight is 411 g/mol. The zero-order valence-electron chi connectivity index (χ0n) is 16.2. The fraction of sp³-hybridized carbons (Fsp3) is 0.200. The molecule has 0 amide bonds. The number of hydrogen-bond donors (Lipinski definition) is 2. The Labute approximate surface area is 171 Å². The molecule has 4 rings (SSSR count). The van der Waals surface area contributed by atoms with Gasteiger partial charge in [-0.15, -0.1) is 5.10 Å². The Morgan fingerprint density at radius 2 is 2.14 bits per heavy atom. The summed E-state index contributed by atoms with van der Waals surface area (Å²) in [5.74, 6) is 1.56. The molecule has 0 atom stereocenters. The maximum atomic E-state index is 12.1. The first kappa shape index (κ1) is 18.9. The number of carbonyl (C=O) groups is 1. The summed E-state index contributed by atoms with van der Waals surface area (Å²) < 4.78 is 7.01. The van der Waals surface area contributed by atoms with Crippen LogP contribution in [0.1, 0.15) is 23.7 Å². The molecule has 148 valence electrons. The van der Waals surface area contributed by atoms with Gasteiger partial charge in [-0.3, -0.25) is 9.89 Å². The number of carbonyl (C=O) groups excluding carboxylic acids is 1. The number of aromatic nitrogens is 5. The van der Waals surface area contributed by atoms with E-state index in [4.69, 9.17) is 16.3 Å². The molecule has 8 nitrogen and oxygen atoms in total. The number of methoxy groups -OCH3 is 1. The van der Waals surface area contributed by atoms with Gasteiger partial charge in [-0.2, -0.15) is 10.1 Å². The summed E-state index contributed by atoms with van der Waals surface area (Å²) >= 11 is 6.48. The molecule has 2 aromatic carbocycles. The maximum Gasteiger partial charge on any atom is 0.225 e. The summed E-state index contributed by atoms with van der Waals surface area (Å²) in [4.78, 5) is 16.6. The Morgan fingerprint density at radius 3 is 2.90 bits per heavy atom. The van der Waals surface area contributed by atoms with Gasteiger partial charge in [0.1, 0.15) is 5.75 Å². The third-order valence-corrected chi connectivity index (χ3v) is 5.06. The highest BCUT2D eigenvalue weighted by Crippen LogP contribution is 2.32. The number of hydrogen-bond acceptors (Lipinski definition) is 6.